The largest absolute Gasteiger partial charge is 0.394 e. The number of rotatable bonds is 5. The van der Waals surface area contributed by atoms with Crippen molar-refractivity contribution in [2.24, 2.45) is 0 Å². The Balaban J connectivity index is 2.24. The predicted molar refractivity (Wildman–Crippen MR) is 79.2 cm³/mol. The lowest BCUT2D eigenvalue weighted by atomic mass is 10.1. The Morgan fingerprint density at radius 3 is 2.53 bits per heavy atom. The number of benzene rings is 1. The molecule has 2 rings (SSSR count). The fourth-order valence-electron chi connectivity index (χ4n) is 1.73. The zero-order valence-corrected chi connectivity index (χ0v) is 12.1. The lowest BCUT2D eigenvalue weighted by Gasteiger charge is -2.18. The first-order valence-electron chi connectivity index (χ1n) is 5.87. The summed E-state index contributed by atoms with van der Waals surface area (Å²) in [6.07, 6.45) is 1.47. The summed E-state index contributed by atoms with van der Waals surface area (Å²) in [4.78, 5) is 8.27. The van der Waals surface area contributed by atoms with Crippen LogP contribution < -0.4 is 10.6 Å². The molecule has 0 bridgehead atoms. The van der Waals surface area contributed by atoms with Gasteiger partial charge in [0, 0.05) is 7.05 Å². The molecule has 0 aliphatic heterocycles. The summed E-state index contributed by atoms with van der Waals surface area (Å²) in [6, 6.07) is 9.53. The molecular weight excluding hydrogens is 308 g/mol. The summed E-state index contributed by atoms with van der Waals surface area (Å²) in [5.74, 6) is 1.34. The van der Waals surface area contributed by atoms with Crippen LogP contribution in [0.25, 0.3) is 0 Å². The molecule has 0 saturated carbocycles. The van der Waals surface area contributed by atoms with Gasteiger partial charge in [0.05, 0.1) is 12.6 Å². The lowest BCUT2D eigenvalue weighted by Crippen LogP contribution is -2.16. The minimum absolute atomic E-state index is 0.0185. The molecule has 1 atom stereocenters. The second-order valence-electron chi connectivity index (χ2n) is 3.93. The molecular formula is C13H15BrN4O. The fraction of sp³-hybridized carbons (Fsp3) is 0.231. The van der Waals surface area contributed by atoms with Gasteiger partial charge in [0.15, 0.2) is 0 Å². The number of hydrogen-bond donors (Lipinski definition) is 3. The van der Waals surface area contributed by atoms with E-state index < -0.39 is 0 Å². The third kappa shape index (κ3) is 3.21. The fourth-order valence-corrected chi connectivity index (χ4v) is 2.25. The van der Waals surface area contributed by atoms with E-state index in [-0.39, 0.29) is 12.6 Å². The van der Waals surface area contributed by atoms with E-state index in [1.807, 2.05) is 30.3 Å². The van der Waals surface area contributed by atoms with Crippen molar-refractivity contribution in [3.63, 3.8) is 0 Å². The molecule has 2 aromatic rings. The average Bonchev–Trinajstić information content (AvgIpc) is 2.47. The van der Waals surface area contributed by atoms with Crippen LogP contribution in [0.5, 0.6) is 0 Å². The summed E-state index contributed by atoms with van der Waals surface area (Å²) in [5, 5.41) is 15.7. The molecule has 0 fully saturated rings. The molecule has 0 aliphatic rings. The SMILES string of the molecule is CNc1ncnc(NC(CO)c2ccccc2)c1Br. The monoisotopic (exact) mass is 322 g/mol. The Kier molecular flexibility index (Phi) is 4.70. The van der Waals surface area contributed by atoms with E-state index in [2.05, 4.69) is 36.5 Å². The van der Waals surface area contributed by atoms with E-state index in [9.17, 15) is 5.11 Å². The maximum Gasteiger partial charge on any atom is 0.146 e. The van der Waals surface area contributed by atoms with Crippen LogP contribution in [0.2, 0.25) is 0 Å². The number of aliphatic hydroxyl groups excluding tert-OH is 1. The highest BCUT2D eigenvalue weighted by Gasteiger charge is 2.14. The molecule has 5 nitrogen and oxygen atoms in total. The van der Waals surface area contributed by atoms with Gasteiger partial charge in [0.25, 0.3) is 0 Å². The van der Waals surface area contributed by atoms with E-state index in [1.165, 1.54) is 6.33 Å². The van der Waals surface area contributed by atoms with Crippen LogP contribution in [0, 0.1) is 0 Å². The van der Waals surface area contributed by atoms with Crippen LogP contribution in [0.3, 0.4) is 0 Å². The van der Waals surface area contributed by atoms with Crippen molar-refractivity contribution < 1.29 is 5.11 Å². The molecule has 1 aromatic carbocycles. The quantitative estimate of drug-likeness (QED) is 0.788. The van der Waals surface area contributed by atoms with Gasteiger partial charge in [-0.2, -0.15) is 0 Å². The van der Waals surface area contributed by atoms with Crippen molar-refractivity contribution in [1.29, 1.82) is 0 Å². The second-order valence-corrected chi connectivity index (χ2v) is 4.72. The van der Waals surface area contributed by atoms with E-state index in [1.54, 1.807) is 7.05 Å². The van der Waals surface area contributed by atoms with Gasteiger partial charge in [-0.05, 0) is 21.5 Å². The van der Waals surface area contributed by atoms with Gasteiger partial charge in [0.2, 0.25) is 0 Å². The summed E-state index contributed by atoms with van der Waals surface area (Å²) in [7, 11) is 1.79. The van der Waals surface area contributed by atoms with Gasteiger partial charge in [0.1, 0.15) is 22.4 Å². The van der Waals surface area contributed by atoms with Crippen molar-refractivity contribution in [3.8, 4) is 0 Å². The minimum Gasteiger partial charge on any atom is -0.394 e. The first-order valence-corrected chi connectivity index (χ1v) is 6.66. The van der Waals surface area contributed by atoms with Crippen LogP contribution in [-0.4, -0.2) is 28.7 Å². The molecule has 0 spiro atoms. The molecule has 19 heavy (non-hydrogen) atoms. The van der Waals surface area contributed by atoms with Gasteiger partial charge in [-0.25, -0.2) is 9.97 Å². The number of nitrogens with one attached hydrogen (secondary N) is 2. The number of hydrogen-bond acceptors (Lipinski definition) is 5. The maximum atomic E-state index is 9.52. The van der Waals surface area contributed by atoms with Crippen molar-refractivity contribution in [3.05, 3.63) is 46.7 Å². The molecule has 0 radical (unpaired) electrons. The second kappa shape index (κ2) is 6.49. The average molecular weight is 323 g/mol. The van der Waals surface area contributed by atoms with E-state index in [0.29, 0.717) is 11.6 Å². The smallest absolute Gasteiger partial charge is 0.146 e. The molecule has 100 valence electrons. The number of halogens is 1. The van der Waals surface area contributed by atoms with Gasteiger partial charge in [-0.3, -0.25) is 0 Å². The van der Waals surface area contributed by atoms with Crippen molar-refractivity contribution >= 4 is 27.6 Å². The molecule has 3 N–H and O–H groups in total. The van der Waals surface area contributed by atoms with Crippen LogP contribution in [0.1, 0.15) is 11.6 Å². The normalized spacial score (nSPS) is 11.9. The zero-order chi connectivity index (χ0) is 13.7. The Labute approximate surface area is 120 Å². The van der Waals surface area contributed by atoms with E-state index in [0.717, 1.165) is 10.0 Å². The Bertz CT molecular complexity index is 535. The van der Waals surface area contributed by atoms with Gasteiger partial charge in [-0.1, -0.05) is 30.3 Å². The molecule has 0 amide bonds. The Morgan fingerprint density at radius 2 is 1.89 bits per heavy atom. The standard InChI is InChI=1S/C13H15BrN4O/c1-15-12-11(14)13(17-8-16-12)18-10(7-19)9-5-3-2-4-6-9/h2-6,8,10,19H,7H2,1H3,(H2,15,16,17,18). The molecule has 1 aromatic heterocycles. The molecule has 1 heterocycles. The lowest BCUT2D eigenvalue weighted by molar-refractivity contribution is 0.276. The van der Waals surface area contributed by atoms with Gasteiger partial charge < -0.3 is 15.7 Å². The van der Waals surface area contributed by atoms with Gasteiger partial charge >= 0.3 is 0 Å². The Morgan fingerprint density at radius 1 is 1.21 bits per heavy atom. The topological polar surface area (TPSA) is 70.1 Å². The third-order valence-corrected chi connectivity index (χ3v) is 3.47. The minimum atomic E-state index is -0.211. The highest BCUT2D eigenvalue weighted by Crippen LogP contribution is 2.28. The van der Waals surface area contributed by atoms with E-state index >= 15 is 0 Å². The number of aliphatic hydroxyl groups is 1. The number of anilines is 2. The first kappa shape index (κ1) is 13.8. The van der Waals surface area contributed by atoms with Crippen LogP contribution in [-0.2, 0) is 0 Å². The molecule has 0 aliphatic carbocycles. The predicted octanol–water partition coefficient (Wildman–Crippen LogP) is 2.43. The summed E-state index contributed by atoms with van der Waals surface area (Å²) in [5.41, 5.74) is 1.00. The first-order chi connectivity index (χ1) is 9.26. The van der Waals surface area contributed by atoms with E-state index in [4.69, 9.17) is 0 Å². The van der Waals surface area contributed by atoms with Crippen molar-refractivity contribution in [2.75, 3.05) is 24.3 Å². The number of nitrogens with zero attached hydrogens (tertiary/aromatic N) is 2. The molecule has 6 heteroatoms. The summed E-state index contributed by atoms with van der Waals surface area (Å²) < 4.78 is 0.742. The molecule has 1 unspecified atom stereocenters. The van der Waals surface area contributed by atoms with Crippen molar-refractivity contribution in [2.45, 2.75) is 6.04 Å². The maximum absolute atomic E-state index is 9.52. The third-order valence-electron chi connectivity index (χ3n) is 2.72. The zero-order valence-electron chi connectivity index (χ0n) is 10.5. The van der Waals surface area contributed by atoms with Crippen LogP contribution in [0.15, 0.2) is 41.1 Å². The molecule has 0 saturated heterocycles. The number of aromatic nitrogens is 2. The summed E-state index contributed by atoms with van der Waals surface area (Å²) in [6.45, 7) is -0.0185. The highest BCUT2D eigenvalue weighted by atomic mass is 79.9. The van der Waals surface area contributed by atoms with Crippen LogP contribution >= 0.6 is 15.9 Å². The van der Waals surface area contributed by atoms with Gasteiger partial charge in [-0.15, -0.1) is 0 Å². The highest BCUT2D eigenvalue weighted by molar-refractivity contribution is 9.10. The van der Waals surface area contributed by atoms with Crippen molar-refractivity contribution in [1.82, 2.24) is 9.97 Å². The summed E-state index contributed by atoms with van der Waals surface area (Å²) >= 11 is 3.44. The van der Waals surface area contributed by atoms with Crippen LogP contribution in [0.4, 0.5) is 11.6 Å². The Hall–Kier alpha value is -1.66.